The second-order valence-electron chi connectivity index (χ2n) is 6.46. The zero-order chi connectivity index (χ0) is 19.2. The highest BCUT2D eigenvalue weighted by atomic mass is 35.5. The van der Waals surface area contributed by atoms with Crippen molar-refractivity contribution in [3.05, 3.63) is 64.7 Å². The van der Waals surface area contributed by atoms with Gasteiger partial charge in [-0.1, -0.05) is 41.9 Å². The molecule has 142 valence electrons. The van der Waals surface area contributed by atoms with Crippen LogP contribution in [0.15, 0.2) is 48.5 Å². The van der Waals surface area contributed by atoms with Crippen LogP contribution in [0.5, 0.6) is 5.75 Å². The van der Waals surface area contributed by atoms with Crippen molar-refractivity contribution in [2.45, 2.75) is 12.8 Å². The number of hydrogen-bond acceptors (Lipinski definition) is 3. The van der Waals surface area contributed by atoms with Crippen LogP contribution in [0.25, 0.3) is 0 Å². The maximum Gasteiger partial charge on any atom is 0.255 e. The lowest BCUT2D eigenvalue weighted by Crippen LogP contribution is -2.50. The van der Waals surface area contributed by atoms with Gasteiger partial charge in [-0.2, -0.15) is 0 Å². The molecule has 0 aromatic heterocycles. The van der Waals surface area contributed by atoms with E-state index in [4.69, 9.17) is 16.3 Å². The number of amides is 2. The Kier molecular flexibility index (Phi) is 6.35. The monoisotopic (exact) mass is 386 g/mol. The summed E-state index contributed by atoms with van der Waals surface area (Å²) in [7, 11) is 1.63. The Labute approximate surface area is 164 Å². The quantitative estimate of drug-likeness (QED) is 0.792. The summed E-state index contributed by atoms with van der Waals surface area (Å²) in [5.41, 5.74) is 1.54. The average Bonchev–Trinajstić information content (AvgIpc) is 2.72. The molecule has 6 heteroatoms. The zero-order valence-corrected chi connectivity index (χ0v) is 16.1. The van der Waals surface area contributed by atoms with E-state index in [9.17, 15) is 9.59 Å². The van der Waals surface area contributed by atoms with Gasteiger partial charge in [0, 0.05) is 32.6 Å². The third kappa shape index (κ3) is 4.61. The molecule has 0 radical (unpaired) electrons. The fourth-order valence-electron chi connectivity index (χ4n) is 3.27. The second-order valence-corrected chi connectivity index (χ2v) is 6.87. The normalized spacial score (nSPS) is 14.1. The van der Waals surface area contributed by atoms with Gasteiger partial charge in [0.15, 0.2) is 0 Å². The number of halogens is 1. The van der Waals surface area contributed by atoms with Gasteiger partial charge in [-0.25, -0.2) is 0 Å². The van der Waals surface area contributed by atoms with Gasteiger partial charge in [0.25, 0.3) is 5.91 Å². The van der Waals surface area contributed by atoms with E-state index in [1.165, 1.54) is 0 Å². The van der Waals surface area contributed by atoms with Gasteiger partial charge in [-0.15, -0.1) is 0 Å². The SMILES string of the molecule is COc1ccccc1CCC(=O)N1CCN(C(=O)c2ccccc2Cl)CC1. The number of rotatable bonds is 5. The molecule has 0 bridgehead atoms. The van der Waals surface area contributed by atoms with E-state index < -0.39 is 0 Å². The third-order valence-electron chi connectivity index (χ3n) is 4.82. The lowest BCUT2D eigenvalue weighted by atomic mass is 10.1. The van der Waals surface area contributed by atoms with Crippen molar-refractivity contribution < 1.29 is 14.3 Å². The van der Waals surface area contributed by atoms with Crippen LogP contribution >= 0.6 is 11.6 Å². The van der Waals surface area contributed by atoms with E-state index in [2.05, 4.69) is 0 Å². The molecule has 3 rings (SSSR count). The fraction of sp³-hybridized carbons (Fsp3) is 0.333. The minimum absolute atomic E-state index is 0.0817. The van der Waals surface area contributed by atoms with Gasteiger partial charge in [-0.3, -0.25) is 9.59 Å². The molecule has 0 unspecified atom stereocenters. The topological polar surface area (TPSA) is 49.9 Å². The highest BCUT2D eigenvalue weighted by Gasteiger charge is 2.25. The maximum atomic E-state index is 12.6. The molecule has 0 atom stereocenters. The molecular weight excluding hydrogens is 364 g/mol. The number of ether oxygens (including phenoxy) is 1. The van der Waals surface area contributed by atoms with E-state index in [-0.39, 0.29) is 11.8 Å². The summed E-state index contributed by atoms with van der Waals surface area (Å²) in [6.07, 6.45) is 1.07. The first-order valence-corrected chi connectivity index (χ1v) is 9.41. The summed E-state index contributed by atoms with van der Waals surface area (Å²) in [6, 6.07) is 14.8. The van der Waals surface area contributed by atoms with Crippen molar-refractivity contribution in [3.8, 4) is 5.75 Å². The molecule has 1 fully saturated rings. The third-order valence-corrected chi connectivity index (χ3v) is 5.15. The van der Waals surface area contributed by atoms with Gasteiger partial charge >= 0.3 is 0 Å². The number of piperazine rings is 1. The molecule has 1 heterocycles. The number of carbonyl (C=O) groups is 2. The Morgan fingerprint density at radius 2 is 1.59 bits per heavy atom. The predicted molar refractivity (Wildman–Crippen MR) is 105 cm³/mol. The van der Waals surface area contributed by atoms with E-state index in [0.717, 1.165) is 11.3 Å². The van der Waals surface area contributed by atoms with E-state index >= 15 is 0 Å². The van der Waals surface area contributed by atoms with Gasteiger partial charge in [-0.05, 0) is 30.2 Å². The van der Waals surface area contributed by atoms with Gasteiger partial charge in [0.2, 0.25) is 5.91 Å². The average molecular weight is 387 g/mol. The predicted octanol–water partition coefficient (Wildman–Crippen LogP) is 3.27. The van der Waals surface area contributed by atoms with Crippen molar-refractivity contribution >= 4 is 23.4 Å². The van der Waals surface area contributed by atoms with Crippen LogP contribution in [0.3, 0.4) is 0 Å². The van der Waals surface area contributed by atoms with E-state index in [1.54, 1.807) is 36.3 Å². The second kappa shape index (κ2) is 8.91. The summed E-state index contributed by atoms with van der Waals surface area (Å²) in [6.45, 7) is 2.12. The van der Waals surface area contributed by atoms with Crippen LogP contribution in [-0.4, -0.2) is 54.9 Å². The highest BCUT2D eigenvalue weighted by Crippen LogP contribution is 2.20. The molecule has 1 saturated heterocycles. The first-order chi connectivity index (χ1) is 13.1. The van der Waals surface area contributed by atoms with Crippen LogP contribution in [0.1, 0.15) is 22.3 Å². The van der Waals surface area contributed by atoms with Crippen molar-refractivity contribution in [3.63, 3.8) is 0 Å². The molecule has 0 N–H and O–H groups in total. The summed E-state index contributed by atoms with van der Waals surface area (Å²) in [5, 5.41) is 0.456. The first kappa shape index (κ1) is 19.2. The molecule has 0 saturated carbocycles. The molecule has 1 aliphatic rings. The number of nitrogens with zero attached hydrogens (tertiary/aromatic N) is 2. The van der Waals surface area contributed by atoms with Crippen LogP contribution in [0, 0.1) is 0 Å². The lowest BCUT2D eigenvalue weighted by molar-refractivity contribution is -0.132. The molecule has 1 aliphatic heterocycles. The van der Waals surface area contributed by atoms with E-state index in [1.807, 2.05) is 29.2 Å². The largest absolute Gasteiger partial charge is 0.496 e. The van der Waals surface area contributed by atoms with Crippen LogP contribution in [-0.2, 0) is 11.2 Å². The Morgan fingerprint density at radius 1 is 0.963 bits per heavy atom. The number of para-hydroxylation sites is 1. The molecule has 0 aliphatic carbocycles. The lowest BCUT2D eigenvalue weighted by Gasteiger charge is -2.35. The first-order valence-electron chi connectivity index (χ1n) is 9.03. The fourth-order valence-corrected chi connectivity index (χ4v) is 3.49. The van der Waals surface area contributed by atoms with Crippen molar-refractivity contribution in [1.82, 2.24) is 9.80 Å². The Morgan fingerprint density at radius 3 is 2.30 bits per heavy atom. The summed E-state index contributed by atoms with van der Waals surface area (Å²) >= 11 is 6.12. The Bertz CT molecular complexity index is 817. The smallest absolute Gasteiger partial charge is 0.255 e. The zero-order valence-electron chi connectivity index (χ0n) is 15.4. The number of benzene rings is 2. The van der Waals surface area contributed by atoms with Crippen LogP contribution in [0.4, 0.5) is 0 Å². The van der Waals surface area contributed by atoms with Gasteiger partial charge in [0.1, 0.15) is 5.75 Å². The molecule has 2 amide bonds. The van der Waals surface area contributed by atoms with Crippen LogP contribution < -0.4 is 4.74 Å². The molecule has 5 nitrogen and oxygen atoms in total. The molecule has 2 aromatic rings. The molecule has 2 aromatic carbocycles. The summed E-state index contributed by atoms with van der Waals surface area (Å²) < 4.78 is 5.34. The molecule has 0 spiro atoms. The van der Waals surface area contributed by atoms with Crippen molar-refractivity contribution in [2.75, 3.05) is 33.3 Å². The Balaban J connectivity index is 1.52. The molecule has 27 heavy (non-hydrogen) atoms. The minimum Gasteiger partial charge on any atom is -0.496 e. The standard InChI is InChI=1S/C21H23ClN2O3/c1-27-19-9-5-2-6-16(19)10-11-20(25)23-12-14-24(15-13-23)21(26)17-7-3-4-8-18(17)22/h2-9H,10-15H2,1H3. The summed E-state index contributed by atoms with van der Waals surface area (Å²) in [5.74, 6) is 0.827. The number of carbonyl (C=O) groups excluding carboxylic acids is 2. The highest BCUT2D eigenvalue weighted by molar-refractivity contribution is 6.33. The minimum atomic E-state index is -0.0817. The number of hydrogen-bond donors (Lipinski definition) is 0. The van der Waals surface area contributed by atoms with Gasteiger partial charge in [0.05, 0.1) is 17.7 Å². The van der Waals surface area contributed by atoms with Gasteiger partial charge < -0.3 is 14.5 Å². The molecular formula is C21H23ClN2O3. The van der Waals surface area contributed by atoms with Crippen molar-refractivity contribution in [1.29, 1.82) is 0 Å². The summed E-state index contributed by atoms with van der Waals surface area (Å²) in [4.78, 5) is 28.7. The van der Waals surface area contributed by atoms with Crippen LogP contribution in [0.2, 0.25) is 5.02 Å². The number of methoxy groups -OCH3 is 1. The maximum absolute atomic E-state index is 12.6. The Hall–Kier alpha value is -2.53. The van der Waals surface area contributed by atoms with Crippen molar-refractivity contribution in [2.24, 2.45) is 0 Å². The van der Waals surface area contributed by atoms with E-state index in [0.29, 0.717) is 49.6 Å². The number of aryl methyl sites for hydroxylation is 1.